The molecule has 1 saturated heterocycles. The summed E-state index contributed by atoms with van der Waals surface area (Å²) in [6, 6.07) is 7.21. The van der Waals surface area contributed by atoms with E-state index in [0.717, 1.165) is 31.2 Å². The smallest absolute Gasteiger partial charge is 0.324 e. The highest BCUT2D eigenvalue weighted by molar-refractivity contribution is 6.01. The van der Waals surface area contributed by atoms with Gasteiger partial charge in [0.25, 0.3) is 0 Å². The highest BCUT2D eigenvalue weighted by Crippen LogP contribution is 2.42. The molecule has 0 aromatic heterocycles. The van der Waals surface area contributed by atoms with Gasteiger partial charge in [0.1, 0.15) is 0 Å². The number of amides is 4. The second kappa shape index (κ2) is 8.49. The summed E-state index contributed by atoms with van der Waals surface area (Å²) >= 11 is 0. The maximum atomic E-state index is 12.8. The Hall–Kier alpha value is -2.12. The van der Waals surface area contributed by atoms with Crippen LogP contribution in [0.1, 0.15) is 37.7 Å². The zero-order chi connectivity index (χ0) is 19.0. The molecule has 2 aliphatic carbocycles. The molecule has 152 valence electrons. The van der Waals surface area contributed by atoms with Gasteiger partial charge < -0.3 is 16.4 Å². The molecule has 1 heterocycles. The van der Waals surface area contributed by atoms with Crippen molar-refractivity contribution in [1.82, 2.24) is 10.2 Å². The summed E-state index contributed by atoms with van der Waals surface area (Å²) in [6.45, 7) is 0.248. The average molecular weight is 407 g/mol. The molecule has 2 bridgehead atoms. The third kappa shape index (κ3) is 4.15. The summed E-state index contributed by atoms with van der Waals surface area (Å²) in [5.41, 5.74) is 7.83. The molecule has 2 atom stereocenters. The Morgan fingerprint density at radius 3 is 2.57 bits per heavy atom. The SMILES string of the molecule is Cl.NC1C2CCCC1CC(C(=O)Nc1cccc(CN3C(=O)CNC3=O)c1)C2. The van der Waals surface area contributed by atoms with Crippen molar-refractivity contribution >= 4 is 35.9 Å². The van der Waals surface area contributed by atoms with Crippen LogP contribution in [0.25, 0.3) is 0 Å². The van der Waals surface area contributed by atoms with E-state index in [9.17, 15) is 14.4 Å². The number of rotatable bonds is 4. The Labute approximate surface area is 170 Å². The maximum absolute atomic E-state index is 12.8. The zero-order valence-electron chi connectivity index (χ0n) is 15.7. The van der Waals surface area contributed by atoms with Gasteiger partial charge in [0.15, 0.2) is 0 Å². The molecule has 7 nitrogen and oxygen atoms in total. The normalized spacial score (nSPS) is 29.1. The fraction of sp³-hybridized carbons (Fsp3) is 0.550. The van der Waals surface area contributed by atoms with Crippen molar-refractivity contribution < 1.29 is 14.4 Å². The van der Waals surface area contributed by atoms with E-state index >= 15 is 0 Å². The summed E-state index contributed by atoms with van der Waals surface area (Å²) < 4.78 is 0. The molecule has 3 aliphatic rings. The number of anilines is 1. The highest BCUT2D eigenvalue weighted by atomic mass is 35.5. The fourth-order valence-corrected chi connectivity index (χ4v) is 4.79. The number of nitrogens with one attached hydrogen (secondary N) is 2. The number of imide groups is 1. The van der Waals surface area contributed by atoms with E-state index in [1.807, 2.05) is 24.3 Å². The number of urea groups is 1. The quantitative estimate of drug-likeness (QED) is 0.667. The van der Waals surface area contributed by atoms with Gasteiger partial charge in [-0.15, -0.1) is 12.4 Å². The van der Waals surface area contributed by atoms with Crippen LogP contribution in [0.2, 0.25) is 0 Å². The molecule has 2 unspecified atom stereocenters. The van der Waals surface area contributed by atoms with Gasteiger partial charge in [0.05, 0.1) is 13.1 Å². The Bertz CT molecular complexity index is 742. The maximum Gasteiger partial charge on any atom is 0.324 e. The van der Waals surface area contributed by atoms with E-state index in [1.165, 1.54) is 11.3 Å². The number of hydrogen-bond acceptors (Lipinski definition) is 4. The van der Waals surface area contributed by atoms with E-state index < -0.39 is 0 Å². The lowest BCUT2D eigenvalue weighted by Crippen LogP contribution is -2.48. The molecule has 8 heteroatoms. The highest BCUT2D eigenvalue weighted by Gasteiger charge is 2.40. The third-order valence-corrected chi connectivity index (χ3v) is 6.26. The standard InChI is InChI=1S/C20H26N4O3.ClH/c21-18-13-4-2-5-14(18)9-15(8-13)19(26)23-16-6-1-3-12(7-16)11-24-17(25)10-22-20(24)27;/h1,3,6-7,13-15,18H,2,4-5,8-11,21H2,(H,22,27)(H,23,26);1H. The van der Waals surface area contributed by atoms with Gasteiger partial charge in [-0.1, -0.05) is 18.6 Å². The van der Waals surface area contributed by atoms with Crippen molar-refractivity contribution in [3.63, 3.8) is 0 Å². The zero-order valence-corrected chi connectivity index (χ0v) is 16.5. The average Bonchev–Trinajstić information content (AvgIpc) is 2.94. The Morgan fingerprint density at radius 1 is 1.21 bits per heavy atom. The van der Waals surface area contributed by atoms with Crippen LogP contribution in [0.3, 0.4) is 0 Å². The molecule has 0 radical (unpaired) electrons. The first-order valence-corrected chi connectivity index (χ1v) is 9.75. The van der Waals surface area contributed by atoms with Gasteiger partial charge in [0.2, 0.25) is 11.8 Å². The number of nitrogens with two attached hydrogens (primary N) is 1. The van der Waals surface area contributed by atoms with Crippen LogP contribution in [-0.2, 0) is 16.1 Å². The second-order valence-electron chi connectivity index (χ2n) is 8.02. The summed E-state index contributed by atoms with van der Waals surface area (Å²) in [5, 5.41) is 5.53. The lowest BCUT2D eigenvalue weighted by atomic mass is 9.65. The Balaban J connectivity index is 0.00000225. The number of benzene rings is 1. The topological polar surface area (TPSA) is 105 Å². The van der Waals surface area contributed by atoms with Crippen LogP contribution in [-0.4, -0.2) is 35.3 Å². The first kappa shape index (κ1) is 20.6. The number of carbonyl (C=O) groups is 3. The molecule has 3 fully saturated rings. The molecule has 1 aliphatic heterocycles. The molecule has 1 aromatic rings. The van der Waals surface area contributed by atoms with Gasteiger partial charge >= 0.3 is 6.03 Å². The van der Waals surface area contributed by atoms with Gasteiger partial charge in [-0.25, -0.2) is 4.79 Å². The summed E-state index contributed by atoms with van der Waals surface area (Å²) in [7, 11) is 0. The largest absolute Gasteiger partial charge is 0.329 e. The van der Waals surface area contributed by atoms with Crippen molar-refractivity contribution in [3.8, 4) is 0 Å². The number of nitrogens with zero attached hydrogens (tertiary/aromatic N) is 1. The van der Waals surface area contributed by atoms with Crippen LogP contribution in [0, 0.1) is 17.8 Å². The van der Waals surface area contributed by atoms with Crippen molar-refractivity contribution in [1.29, 1.82) is 0 Å². The number of hydrogen-bond donors (Lipinski definition) is 3. The summed E-state index contributed by atoms with van der Waals surface area (Å²) in [5.74, 6) is 0.735. The molecular formula is C20H27ClN4O3. The van der Waals surface area contributed by atoms with E-state index in [1.54, 1.807) is 0 Å². The molecule has 1 aromatic carbocycles. The molecular weight excluding hydrogens is 380 g/mol. The predicted molar refractivity (Wildman–Crippen MR) is 108 cm³/mol. The van der Waals surface area contributed by atoms with E-state index in [4.69, 9.17) is 5.73 Å². The molecule has 28 heavy (non-hydrogen) atoms. The monoisotopic (exact) mass is 406 g/mol. The molecule has 0 spiro atoms. The molecule has 2 saturated carbocycles. The van der Waals surface area contributed by atoms with Crippen LogP contribution in [0.5, 0.6) is 0 Å². The minimum Gasteiger partial charge on any atom is -0.329 e. The minimum atomic E-state index is -0.375. The Morgan fingerprint density at radius 2 is 1.93 bits per heavy atom. The van der Waals surface area contributed by atoms with Crippen LogP contribution in [0.15, 0.2) is 24.3 Å². The molecule has 4 amide bonds. The van der Waals surface area contributed by atoms with E-state index in [-0.39, 0.29) is 55.3 Å². The van der Waals surface area contributed by atoms with E-state index in [0.29, 0.717) is 17.5 Å². The van der Waals surface area contributed by atoms with Gasteiger partial charge in [-0.3, -0.25) is 14.5 Å². The summed E-state index contributed by atoms with van der Waals surface area (Å²) in [4.78, 5) is 37.4. The Kier molecular flexibility index (Phi) is 6.25. The predicted octanol–water partition coefficient (Wildman–Crippen LogP) is 2.25. The fourth-order valence-electron chi connectivity index (χ4n) is 4.79. The van der Waals surface area contributed by atoms with Gasteiger partial charge in [-0.05, 0) is 55.2 Å². The number of halogens is 1. The third-order valence-electron chi connectivity index (χ3n) is 6.26. The van der Waals surface area contributed by atoms with Crippen LogP contribution in [0.4, 0.5) is 10.5 Å². The lowest BCUT2D eigenvalue weighted by Gasteiger charge is -2.43. The van der Waals surface area contributed by atoms with Crippen LogP contribution < -0.4 is 16.4 Å². The summed E-state index contributed by atoms with van der Waals surface area (Å²) in [6.07, 6.45) is 5.21. The van der Waals surface area contributed by atoms with Gasteiger partial charge in [0, 0.05) is 17.6 Å². The minimum absolute atomic E-state index is 0. The number of carbonyl (C=O) groups excluding carboxylic acids is 3. The second-order valence-corrected chi connectivity index (χ2v) is 8.02. The lowest BCUT2D eigenvalue weighted by molar-refractivity contribution is -0.125. The number of fused-ring (bicyclic) bond motifs is 2. The first-order valence-electron chi connectivity index (χ1n) is 9.75. The van der Waals surface area contributed by atoms with Crippen molar-refractivity contribution in [2.75, 3.05) is 11.9 Å². The van der Waals surface area contributed by atoms with E-state index in [2.05, 4.69) is 10.6 Å². The van der Waals surface area contributed by atoms with Gasteiger partial charge in [-0.2, -0.15) is 0 Å². The van der Waals surface area contributed by atoms with Crippen molar-refractivity contribution in [2.24, 2.45) is 23.5 Å². The van der Waals surface area contributed by atoms with Crippen molar-refractivity contribution in [2.45, 2.75) is 44.7 Å². The van der Waals surface area contributed by atoms with Crippen LogP contribution >= 0.6 is 12.4 Å². The first-order chi connectivity index (χ1) is 13.0. The molecule has 4 N–H and O–H groups in total. The molecule has 4 rings (SSSR count). The van der Waals surface area contributed by atoms with Crippen molar-refractivity contribution in [3.05, 3.63) is 29.8 Å².